The largest absolute Gasteiger partial charge is 0.496 e. The average molecular weight is 270 g/mol. The molecule has 102 valence electrons. The van der Waals surface area contributed by atoms with Crippen LogP contribution >= 0.6 is 11.6 Å². The van der Waals surface area contributed by atoms with Gasteiger partial charge in [0.2, 0.25) is 0 Å². The van der Waals surface area contributed by atoms with Gasteiger partial charge in [-0.1, -0.05) is 38.4 Å². The van der Waals surface area contributed by atoms with E-state index in [1.165, 1.54) is 0 Å². The molecular formula is C15H24ClNO. The normalized spacial score (nSPS) is 11.6. The molecule has 0 bridgehead atoms. The summed E-state index contributed by atoms with van der Waals surface area (Å²) in [5.41, 5.74) is 1.24. The summed E-state index contributed by atoms with van der Waals surface area (Å²) in [5.74, 6) is 0.854. The van der Waals surface area contributed by atoms with Gasteiger partial charge in [0.15, 0.2) is 0 Å². The Labute approximate surface area is 116 Å². The number of halogens is 1. The molecule has 1 rings (SSSR count). The van der Waals surface area contributed by atoms with E-state index in [-0.39, 0.29) is 5.54 Å². The number of hydrogen-bond acceptors (Lipinski definition) is 2. The van der Waals surface area contributed by atoms with Gasteiger partial charge >= 0.3 is 0 Å². The summed E-state index contributed by atoms with van der Waals surface area (Å²) in [4.78, 5) is 0. The second-order valence-electron chi connectivity index (χ2n) is 4.62. The van der Waals surface area contributed by atoms with Gasteiger partial charge < -0.3 is 10.1 Å². The van der Waals surface area contributed by atoms with E-state index in [1.54, 1.807) is 7.11 Å². The molecule has 1 N–H and O–H groups in total. The van der Waals surface area contributed by atoms with Gasteiger partial charge in [0.1, 0.15) is 5.75 Å². The van der Waals surface area contributed by atoms with Crippen molar-refractivity contribution >= 4 is 11.6 Å². The number of nitrogens with one attached hydrogen (secondary N) is 1. The van der Waals surface area contributed by atoms with Crippen LogP contribution in [-0.2, 0) is 6.54 Å². The number of rotatable bonds is 7. The Morgan fingerprint density at radius 3 is 2.28 bits per heavy atom. The molecule has 0 aliphatic carbocycles. The van der Waals surface area contributed by atoms with Crippen molar-refractivity contribution in [2.45, 2.75) is 52.1 Å². The standard InChI is InChI=1S/C15H24ClNO/c1-5-15(6-2,7-3)17-11-12-13(16)9-8-10-14(12)18-4/h8-10,17H,5-7,11H2,1-4H3. The Kier molecular flexibility index (Phi) is 5.97. The maximum atomic E-state index is 6.25. The summed E-state index contributed by atoms with van der Waals surface area (Å²) in [6, 6.07) is 5.78. The maximum absolute atomic E-state index is 6.25. The van der Waals surface area contributed by atoms with Crippen molar-refractivity contribution in [1.29, 1.82) is 0 Å². The first-order valence-corrected chi connectivity index (χ1v) is 7.06. The van der Waals surface area contributed by atoms with Gasteiger partial charge in [0.05, 0.1) is 7.11 Å². The zero-order valence-electron chi connectivity index (χ0n) is 11.8. The van der Waals surface area contributed by atoms with E-state index in [9.17, 15) is 0 Å². The molecule has 0 unspecified atom stereocenters. The van der Waals surface area contributed by atoms with E-state index in [0.29, 0.717) is 0 Å². The van der Waals surface area contributed by atoms with E-state index in [2.05, 4.69) is 26.1 Å². The second-order valence-corrected chi connectivity index (χ2v) is 5.02. The van der Waals surface area contributed by atoms with Crippen LogP contribution in [0, 0.1) is 0 Å². The molecule has 0 aliphatic rings. The first-order chi connectivity index (χ1) is 8.62. The monoisotopic (exact) mass is 269 g/mol. The van der Waals surface area contributed by atoms with Gasteiger partial charge in [0, 0.05) is 22.7 Å². The molecule has 1 aromatic rings. The predicted octanol–water partition coefficient (Wildman–Crippen LogP) is 4.41. The highest BCUT2D eigenvalue weighted by atomic mass is 35.5. The fourth-order valence-corrected chi connectivity index (χ4v) is 2.54. The molecule has 18 heavy (non-hydrogen) atoms. The van der Waals surface area contributed by atoms with Gasteiger partial charge in [-0.25, -0.2) is 0 Å². The van der Waals surface area contributed by atoms with Crippen molar-refractivity contribution in [1.82, 2.24) is 5.32 Å². The first-order valence-electron chi connectivity index (χ1n) is 6.68. The van der Waals surface area contributed by atoms with Crippen molar-refractivity contribution < 1.29 is 4.74 Å². The number of benzene rings is 1. The summed E-state index contributed by atoms with van der Waals surface area (Å²) in [7, 11) is 1.68. The molecule has 0 amide bonds. The van der Waals surface area contributed by atoms with Gasteiger partial charge in [0.25, 0.3) is 0 Å². The Bertz CT molecular complexity index is 366. The topological polar surface area (TPSA) is 21.3 Å². The zero-order chi connectivity index (χ0) is 13.6. The summed E-state index contributed by atoms with van der Waals surface area (Å²) < 4.78 is 5.37. The Hall–Kier alpha value is -0.730. The van der Waals surface area contributed by atoms with Gasteiger partial charge in [-0.3, -0.25) is 0 Å². The molecule has 0 aliphatic heterocycles. The molecule has 0 spiro atoms. The van der Waals surface area contributed by atoms with Crippen LogP contribution in [0.1, 0.15) is 45.6 Å². The van der Waals surface area contributed by atoms with Crippen molar-refractivity contribution in [2.24, 2.45) is 0 Å². The Morgan fingerprint density at radius 1 is 1.17 bits per heavy atom. The first kappa shape index (κ1) is 15.3. The van der Waals surface area contributed by atoms with Gasteiger partial charge in [-0.2, -0.15) is 0 Å². The lowest BCUT2D eigenvalue weighted by Crippen LogP contribution is -2.43. The molecular weight excluding hydrogens is 246 g/mol. The minimum absolute atomic E-state index is 0.199. The highest BCUT2D eigenvalue weighted by Crippen LogP contribution is 2.28. The molecule has 2 nitrogen and oxygen atoms in total. The molecule has 0 atom stereocenters. The minimum Gasteiger partial charge on any atom is -0.496 e. The fourth-order valence-electron chi connectivity index (χ4n) is 2.30. The molecule has 0 heterocycles. The van der Waals surface area contributed by atoms with Crippen molar-refractivity contribution in [2.75, 3.05) is 7.11 Å². The lowest BCUT2D eigenvalue weighted by molar-refractivity contribution is 0.285. The minimum atomic E-state index is 0.199. The molecule has 0 fully saturated rings. The number of methoxy groups -OCH3 is 1. The second kappa shape index (κ2) is 7.01. The lowest BCUT2D eigenvalue weighted by Gasteiger charge is -2.32. The summed E-state index contributed by atoms with van der Waals surface area (Å²) >= 11 is 6.25. The fraction of sp³-hybridized carbons (Fsp3) is 0.600. The van der Waals surface area contributed by atoms with E-state index in [0.717, 1.165) is 42.1 Å². The smallest absolute Gasteiger partial charge is 0.124 e. The van der Waals surface area contributed by atoms with Crippen molar-refractivity contribution in [3.8, 4) is 5.75 Å². The van der Waals surface area contributed by atoms with Gasteiger partial charge in [-0.15, -0.1) is 0 Å². The maximum Gasteiger partial charge on any atom is 0.124 e. The number of ether oxygens (including phenoxy) is 1. The van der Waals surface area contributed by atoms with Crippen LogP contribution in [0.4, 0.5) is 0 Å². The molecule has 3 heteroatoms. The average Bonchev–Trinajstić information content (AvgIpc) is 2.42. The van der Waals surface area contributed by atoms with Crippen LogP contribution in [0.5, 0.6) is 5.75 Å². The molecule has 0 saturated heterocycles. The summed E-state index contributed by atoms with van der Waals surface area (Å²) in [6.45, 7) is 7.43. The van der Waals surface area contributed by atoms with Crippen LogP contribution in [-0.4, -0.2) is 12.6 Å². The van der Waals surface area contributed by atoms with E-state index < -0.39 is 0 Å². The predicted molar refractivity (Wildman–Crippen MR) is 78.4 cm³/mol. The zero-order valence-corrected chi connectivity index (χ0v) is 12.6. The third-order valence-corrected chi connectivity index (χ3v) is 4.32. The number of hydrogen-bond donors (Lipinski definition) is 1. The van der Waals surface area contributed by atoms with Crippen LogP contribution in [0.25, 0.3) is 0 Å². The SMILES string of the molecule is CCC(CC)(CC)NCc1c(Cl)cccc1OC. The molecule has 0 aromatic heterocycles. The Balaban J connectivity index is 2.85. The van der Waals surface area contributed by atoms with E-state index >= 15 is 0 Å². The van der Waals surface area contributed by atoms with Crippen molar-refractivity contribution in [3.63, 3.8) is 0 Å². The summed E-state index contributed by atoms with van der Waals surface area (Å²) in [5, 5.41) is 4.41. The third-order valence-electron chi connectivity index (χ3n) is 3.97. The van der Waals surface area contributed by atoms with Crippen LogP contribution in [0.2, 0.25) is 5.02 Å². The quantitative estimate of drug-likeness (QED) is 0.792. The van der Waals surface area contributed by atoms with Crippen LogP contribution in [0.3, 0.4) is 0 Å². The third kappa shape index (κ3) is 3.39. The van der Waals surface area contributed by atoms with Crippen molar-refractivity contribution in [3.05, 3.63) is 28.8 Å². The molecule has 1 aromatic carbocycles. The molecule has 0 saturated carbocycles. The summed E-state index contributed by atoms with van der Waals surface area (Å²) in [6.07, 6.45) is 3.35. The van der Waals surface area contributed by atoms with E-state index in [4.69, 9.17) is 16.3 Å². The Morgan fingerprint density at radius 2 is 1.78 bits per heavy atom. The van der Waals surface area contributed by atoms with Gasteiger partial charge in [-0.05, 0) is 31.4 Å². The van der Waals surface area contributed by atoms with Crippen LogP contribution < -0.4 is 10.1 Å². The highest BCUT2D eigenvalue weighted by Gasteiger charge is 2.23. The van der Waals surface area contributed by atoms with E-state index in [1.807, 2.05) is 18.2 Å². The highest BCUT2D eigenvalue weighted by molar-refractivity contribution is 6.31. The molecule has 0 radical (unpaired) electrons. The van der Waals surface area contributed by atoms with Crippen LogP contribution in [0.15, 0.2) is 18.2 Å². The lowest BCUT2D eigenvalue weighted by atomic mass is 9.89.